The van der Waals surface area contributed by atoms with Crippen molar-refractivity contribution in [3.63, 3.8) is 0 Å². The van der Waals surface area contributed by atoms with E-state index in [0.29, 0.717) is 23.0 Å². The first kappa shape index (κ1) is 18.4. The number of carbonyl (C=O) groups excluding carboxylic acids is 2. The number of benzene rings is 4. The number of esters is 1. The lowest BCUT2D eigenvalue weighted by Gasteiger charge is -2.11. The van der Waals surface area contributed by atoms with Crippen LogP contribution in [0.4, 0.5) is 0 Å². The van der Waals surface area contributed by atoms with Gasteiger partial charge in [0.1, 0.15) is 11.5 Å². The maximum absolute atomic E-state index is 12.3. The van der Waals surface area contributed by atoms with Crippen molar-refractivity contribution < 1.29 is 19.1 Å². The average molecular weight is 382 g/mol. The highest BCUT2D eigenvalue weighted by molar-refractivity contribution is 5.97. The van der Waals surface area contributed by atoms with Gasteiger partial charge in [0.05, 0.1) is 5.56 Å². The fourth-order valence-electron chi connectivity index (χ4n) is 3.13. The van der Waals surface area contributed by atoms with E-state index in [1.807, 2.05) is 84.9 Å². The lowest BCUT2D eigenvalue weighted by atomic mass is 10.1. The number of fused-ring (bicyclic) bond motifs is 1. The first-order valence-electron chi connectivity index (χ1n) is 9.20. The minimum absolute atomic E-state index is 0.256. The zero-order valence-electron chi connectivity index (χ0n) is 15.6. The molecule has 0 radical (unpaired) electrons. The van der Waals surface area contributed by atoms with Gasteiger partial charge in [0.2, 0.25) is 0 Å². The van der Waals surface area contributed by atoms with Crippen LogP contribution in [0.15, 0.2) is 91.0 Å². The Morgan fingerprint density at radius 1 is 0.759 bits per heavy atom. The molecule has 0 spiro atoms. The molecular formula is C25H18O4. The van der Waals surface area contributed by atoms with E-state index in [1.54, 1.807) is 6.07 Å². The fraction of sp³-hybridized carbons (Fsp3) is 0.0400. The van der Waals surface area contributed by atoms with Gasteiger partial charge in [-0.15, -0.1) is 0 Å². The molecule has 4 rings (SSSR count). The van der Waals surface area contributed by atoms with E-state index < -0.39 is 5.97 Å². The minimum Gasteiger partial charge on any atom is -0.482 e. The molecule has 0 aliphatic rings. The van der Waals surface area contributed by atoms with E-state index in [1.165, 1.54) is 0 Å². The van der Waals surface area contributed by atoms with Crippen LogP contribution in [0.5, 0.6) is 11.5 Å². The molecule has 0 aliphatic carbocycles. The highest BCUT2D eigenvalue weighted by Gasteiger charge is 2.14. The molecule has 29 heavy (non-hydrogen) atoms. The van der Waals surface area contributed by atoms with Gasteiger partial charge in [-0.1, -0.05) is 72.8 Å². The summed E-state index contributed by atoms with van der Waals surface area (Å²) in [6.45, 7) is -0.258. The van der Waals surface area contributed by atoms with Crippen LogP contribution in [0, 0.1) is 0 Å². The highest BCUT2D eigenvalue weighted by Crippen LogP contribution is 2.29. The van der Waals surface area contributed by atoms with Gasteiger partial charge in [0.15, 0.2) is 12.9 Å². The Bertz CT molecular complexity index is 1150. The summed E-state index contributed by atoms with van der Waals surface area (Å²) in [5, 5.41) is 1.59. The molecule has 0 aliphatic heterocycles. The summed E-state index contributed by atoms with van der Waals surface area (Å²) >= 11 is 0. The summed E-state index contributed by atoms with van der Waals surface area (Å²) < 4.78 is 11.0. The molecule has 4 aromatic rings. The molecule has 0 aromatic heterocycles. The minimum atomic E-state index is -0.573. The summed E-state index contributed by atoms with van der Waals surface area (Å²) in [5.74, 6) is 0.248. The lowest BCUT2D eigenvalue weighted by Crippen LogP contribution is -2.18. The SMILES string of the molecule is O=Cc1ccc2ccccc2c1OC(=O)COc1ccc(-c2ccccc2)cc1. The Morgan fingerprint density at radius 3 is 2.21 bits per heavy atom. The van der Waals surface area contributed by atoms with Gasteiger partial charge in [-0.05, 0) is 34.7 Å². The number of ether oxygens (including phenoxy) is 2. The maximum Gasteiger partial charge on any atom is 0.349 e. The molecule has 0 saturated carbocycles. The molecular weight excluding hydrogens is 364 g/mol. The molecule has 0 atom stereocenters. The van der Waals surface area contributed by atoms with Crippen molar-refractivity contribution in [1.29, 1.82) is 0 Å². The van der Waals surface area contributed by atoms with Crippen molar-refractivity contribution in [2.24, 2.45) is 0 Å². The molecule has 0 unspecified atom stereocenters. The topological polar surface area (TPSA) is 52.6 Å². The zero-order valence-corrected chi connectivity index (χ0v) is 15.6. The smallest absolute Gasteiger partial charge is 0.349 e. The second-order valence-corrected chi connectivity index (χ2v) is 6.48. The lowest BCUT2D eigenvalue weighted by molar-refractivity contribution is -0.136. The van der Waals surface area contributed by atoms with E-state index in [2.05, 4.69) is 0 Å². The van der Waals surface area contributed by atoms with Crippen LogP contribution < -0.4 is 9.47 Å². The number of carbonyl (C=O) groups is 2. The van der Waals surface area contributed by atoms with Gasteiger partial charge in [-0.3, -0.25) is 4.79 Å². The van der Waals surface area contributed by atoms with Crippen LogP contribution in [0.1, 0.15) is 10.4 Å². The van der Waals surface area contributed by atoms with Crippen LogP contribution in [0.2, 0.25) is 0 Å². The van der Waals surface area contributed by atoms with E-state index in [4.69, 9.17) is 9.47 Å². The second-order valence-electron chi connectivity index (χ2n) is 6.48. The molecule has 0 N–H and O–H groups in total. The predicted octanol–water partition coefficient (Wildman–Crippen LogP) is 5.30. The Balaban J connectivity index is 1.45. The Labute approximate surface area is 168 Å². The monoisotopic (exact) mass is 382 g/mol. The van der Waals surface area contributed by atoms with Crippen LogP contribution in [0.3, 0.4) is 0 Å². The van der Waals surface area contributed by atoms with Gasteiger partial charge in [0, 0.05) is 5.39 Å². The standard InChI is InChI=1S/C25H18O4/c26-16-21-11-10-20-8-4-5-9-23(20)25(21)29-24(27)17-28-22-14-12-19(13-15-22)18-6-2-1-3-7-18/h1-16H,17H2. The summed E-state index contributed by atoms with van der Waals surface area (Å²) in [4.78, 5) is 23.7. The summed E-state index contributed by atoms with van der Waals surface area (Å²) in [6.07, 6.45) is 0.679. The maximum atomic E-state index is 12.3. The third-order valence-electron chi connectivity index (χ3n) is 4.57. The van der Waals surface area contributed by atoms with Gasteiger partial charge >= 0.3 is 5.97 Å². The van der Waals surface area contributed by atoms with Crippen molar-refractivity contribution in [3.05, 3.63) is 96.6 Å². The first-order valence-corrected chi connectivity index (χ1v) is 9.20. The van der Waals surface area contributed by atoms with Crippen molar-refractivity contribution in [2.45, 2.75) is 0 Å². The summed E-state index contributed by atoms with van der Waals surface area (Å²) in [5.41, 5.74) is 2.49. The third-order valence-corrected chi connectivity index (χ3v) is 4.57. The largest absolute Gasteiger partial charge is 0.482 e. The Morgan fingerprint density at radius 2 is 1.45 bits per heavy atom. The summed E-state index contributed by atoms with van der Waals surface area (Å²) in [7, 11) is 0. The van der Waals surface area contributed by atoms with E-state index in [0.717, 1.165) is 16.5 Å². The van der Waals surface area contributed by atoms with E-state index in [9.17, 15) is 9.59 Å². The average Bonchev–Trinajstić information content (AvgIpc) is 2.79. The van der Waals surface area contributed by atoms with E-state index >= 15 is 0 Å². The molecule has 0 heterocycles. The van der Waals surface area contributed by atoms with Gasteiger partial charge in [-0.2, -0.15) is 0 Å². The molecule has 4 heteroatoms. The van der Waals surface area contributed by atoms with Crippen molar-refractivity contribution >= 4 is 23.0 Å². The number of hydrogen-bond acceptors (Lipinski definition) is 4. The fourth-order valence-corrected chi connectivity index (χ4v) is 3.13. The zero-order chi connectivity index (χ0) is 20.1. The Hall–Kier alpha value is -3.92. The van der Waals surface area contributed by atoms with Gasteiger partial charge < -0.3 is 9.47 Å². The molecule has 4 aromatic carbocycles. The quantitative estimate of drug-likeness (QED) is 0.258. The first-order chi connectivity index (χ1) is 14.2. The second kappa shape index (κ2) is 8.40. The predicted molar refractivity (Wildman–Crippen MR) is 112 cm³/mol. The van der Waals surface area contributed by atoms with Crippen LogP contribution in [0.25, 0.3) is 21.9 Å². The van der Waals surface area contributed by atoms with Crippen LogP contribution >= 0.6 is 0 Å². The molecule has 0 amide bonds. The third kappa shape index (κ3) is 4.17. The number of rotatable bonds is 6. The summed E-state index contributed by atoms with van der Waals surface area (Å²) in [6, 6.07) is 28.4. The molecule has 4 nitrogen and oxygen atoms in total. The van der Waals surface area contributed by atoms with Crippen molar-refractivity contribution in [2.75, 3.05) is 6.61 Å². The highest BCUT2D eigenvalue weighted by atomic mass is 16.6. The normalized spacial score (nSPS) is 10.5. The molecule has 0 bridgehead atoms. The van der Waals surface area contributed by atoms with Gasteiger partial charge in [-0.25, -0.2) is 4.79 Å². The van der Waals surface area contributed by atoms with Crippen LogP contribution in [-0.2, 0) is 4.79 Å². The van der Waals surface area contributed by atoms with Crippen LogP contribution in [-0.4, -0.2) is 18.9 Å². The van der Waals surface area contributed by atoms with E-state index in [-0.39, 0.29) is 12.4 Å². The van der Waals surface area contributed by atoms with Crippen molar-refractivity contribution in [3.8, 4) is 22.6 Å². The number of hydrogen-bond donors (Lipinski definition) is 0. The number of aldehydes is 1. The molecule has 0 saturated heterocycles. The Kier molecular flexibility index (Phi) is 5.34. The van der Waals surface area contributed by atoms with Gasteiger partial charge in [0.25, 0.3) is 0 Å². The van der Waals surface area contributed by atoms with Crippen molar-refractivity contribution in [1.82, 2.24) is 0 Å². The molecule has 142 valence electrons. The molecule has 0 fully saturated rings.